The van der Waals surface area contributed by atoms with E-state index in [-0.39, 0.29) is 0 Å². The van der Waals surface area contributed by atoms with E-state index < -0.39 is 0 Å². The number of rotatable bonds is 3. The molecule has 1 heterocycles. The zero-order valence-electron chi connectivity index (χ0n) is 12.1. The molecule has 2 aliphatic carbocycles. The molecule has 4 heteroatoms. The van der Waals surface area contributed by atoms with E-state index in [1.165, 1.54) is 56.2 Å². The molecule has 0 aromatic carbocycles. The SMILES string of the molecule is COC1CCCCC1NC1CCCc2c1cnn2C. The summed E-state index contributed by atoms with van der Waals surface area (Å²) >= 11 is 0. The van der Waals surface area contributed by atoms with Gasteiger partial charge in [0.15, 0.2) is 0 Å². The Labute approximate surface area is 115 Å². The summed E-state index contributed by atoms with van der Waals surface area (Å²) in [7, 11) is 3.90. The zero-order chi connectivity index (χ0) is 13.2. The van der Waals surface area contributed by atoms with E-state index >= 15 is 0 Å². The number of aromatic nitrogens is 2. The lowest BCUT2D eigenvalue weighted by molar-refractivity contribution is 0.0367. The number of nitrogens with one attached hydrogen (secondary N) is 1. The number of nitrogens with zero attached hydrogens (tertiary/aromatic N) is 2. The summed E-state index contributed by atoms with van der Waals surface area (Å²) in [4.78, 5) is 0. The largest absolute Gasteiger partial charge is 0.380 e. The molecule has 106 valence electrons. The molecule has 0 spiro atoms. The molecule has 4 nitrogen and oxygen atoms in total. The standard InChI is InChI=1S/C15H25N3O/c1-18-14-8-5-7-12(11(14)10-16-18)17-13-6-3-4-9-15(13)19-2/h10,12-13,15,17H,3-9H2,1-2H3. The first-order valence-electron chi connectivity index (χ1n) is 7.59. The Morgan fingerprint density at radius 2 is 2.11 bits per heavy atom. The van der Waals surface area contributed by atoms with Gasteiger partial charge >= 0.3 is 0 Å². The summed E-state index contributed by atoms with van der Waals surface area (Å²) in [6, 6.07) is 0.980. The third-order valence-corrected chi connectivity index (χ3v) is 4.80. The number of hydrogen-bond acceptors (Lipinski definition) is 3. The first-order chi connectivity index (χ1) is 9.29. The Hall–Kier alpha value is -0.870. The second kappa shape index (κ2) is 5.63. The maximum Gasteiger partial charge on any atom is 0.0724 e. The van der Waals surface area contributed by atoms with E-state index in [9.17, 15) is 0 Å². The van der Waals surface area contributed by atoms with Gasteiger partial charge in [-0.25, -0.2) is 0 Å². The first kappa shape index (κ1) is 13.1. The van der Waals surface area contributed by atoms with E-state index in [0.29, 0.717) is 18.2 Å². The lowest BCUT2D eigenvalue weighted by Gasteiger charge is -2.35. The van der Waals surface area contributed by atoms with E-state index in [1.54, 1.807) is 0 Å². The van der Waals surface area contributed by atoms with Crippen molar-refractivity contribution in [2.45, 2.75) is 63.1 Å². The van der Waals surface area contributed by atoms with Crippen molar-refractivity contribution in [3.05, 3.63) is 17.5 Å². The average Bonchev–Trinajstić information content (AvgIpc) is 2.82. The summed E-state index contributed by atoms with van der Waals surface area (Å²) in [5.41, 5.74) is 2.82. The van der Waals surface area contributed by atoms with Gasteiger partial charge in [0, 0.05) is 37.5 Å². The van der Waals surface area contributed by atoms with E-state index in [1.807, 2.05) is 11.8 Å². The Morgan fingerprint density at radius 1 is 1.26 bits per heavy atom. The number of ether oxygens (including phenoxy) is 1. The summed E-state index contributed by atoms with van der Waals surface area (Å²) < 4.78 is 7.69. The Kier molecular flexibility index (Phi) is 3.89. The van der Waals surface area contributed by atoms with Crippen LogP contribution in [-0.2, 0) is 18.2 Å². The lowest BCUT2D eigenvalue weighted by atomic mass is 9.88. The van der Waals surface area contributed by atoms with Crippen LogP contribution in [0.1, 0.15) is 55.8 Å². The van der Waals surface area contributed by atoms with Crippen LogP contribution in [0.2, 0.25) is 0 Å². The topological polar surface area (TPSA) is 39.1 Å². The molecule has 0 radical (unpaired) electrons. The van der Waals surface area contributed by atoms with Gasteiger partial charge in [0.05, 0.1) is 12.3 Å². The Bertz CT molecular complexity index is 429. The van der Waals surface area contributed by atoms with Gasteiger partial charge in [-0.05, 0) is 32.1 Å². The lowest BCUT2D eigenvalue weighted by Crippen LogP contribution is -2.45. The van der Waals surface area contributed by atoms with Crippen molar-refractivity contribution in [1.29, 1.82) is 0 Å². The van der Waals surface area contributed by atoms with Gasteiger partial charge in [-0.1, -0.05) is 12.8 Å². The summed E-state index contributed by atoms with van der Waals surface area (Å²) in [5.74, 6) is 0. The summed E-state index contributed by atoms with van der Waals surface area (Å²) in [6.45, 7) is 0. The molecule has 1 aromatic rings. The molecule has 1 fully saturated rings. The van der Waals surface area contributed by atoms with Crippen LogP contribution in [0.5, 0.6) is 0 Å². The molecule has 0 aliphatic heterocycles. The normalized spacial score (nSPS) is 31.2. The van der Waals surface area contributed by atoms with Crippen molar-refractivity contribution >= 4 is 0 Å². The molecule has 0 bridgehead atoms. The molecular weight excluding hydrogens is 238 g/mol. The van der Waals surface area contributed by atoms with Gasteiger partial charge in [0.2, 0.25) is 0 Å². The second-order valence-corrected chi connectivity index (χ2v) is 5.95. The molecule has 1 N–H and O–H groups in total. The smallest absolute Gasteiger partial charge is 0.0724 e. The fraction of sp³-hybridized carbons (Fsp3) is 0.800. The Morgan fingerprint density at radius 3 is 2.95 bits per heavy atom. The Balaban J connectivity index is 1.73. The minimum absolute atomic E-state index is 0.385. The predicted molar refractivity (Wildman–Crippen MR) is 75.1 cm³/mol. The highest BCUT2D eigenvalue weighted by molar-refractivity contribution is 5.25. The highest BCUT2D eigenvalue weighted by atomic mass is 16.5. The molecule has 0 saturated heterocycles. The third kappa shape index (κ3) is 2.56. The number of methoxy groups -OCH3 is 1. The van der Waals surface area contributed by atoms with Crippen LogP contribution in [0.3, 0.4) is 0 Å². The van der Waals surface area contributed by atoms with Gasteiger partial charge in [-0.15, -0.1) is 0 Å². The van der Waals surface area contributed by atoms with Gasteiger partial charge in [0.1, 0.15) is 0 Å². The maximum atomic E-state index is 5.66. The van der Waals surface area contributed by atoms with Crippen molar-refractivity contribution in [1.82, 2.24) is 15.1 Å². The number of fused-ring (bicyclic) bond motifs is 1. The van der Waals surface area contributed by atoms with Crippen LogP contribution in [0.15, 0.2) is 6.20 Å². The third-order valence-electron chi connectivity index (χ3n) is 4.80. The molecule has 2 aliphatic rings. The molecule has 1 saturated carbocycles. The van der Waals surface area contributed by atoms with Crippen LogP contribution in [-0.4, -0.2) is 29.0 Å². The molecule has 3 atom stereocenters. The molecule has 3 unspecified atom stereocenters. The van der Waals surface area contributed by atoms with Crippen molar-refractivity contribution in [2.75, 3.05) is 7.11 Å². The van der Waals surface area contributed by atoms with Crippen molar-refractivity contribution in [3.63, 3.8) is 0 Å². The van der Waals surface area contributed by atoms with Gasteiger partial charge in [0.25, 0.3) is 0 Å². The molecule has 1 aromatic heterocycles. The van der Waals surface area contributed by atoms with E-state index in [2.05, 4.69) is 23.7 Å². The summed E-state index contributed by atoms with van der Waals surface area (Å²) in [6.07, 6.45) is 11.2. The van der Waals surface area contributed by atoms with Crippen molar-refractivity contribution < 1.29 is 4.74 Å². The van der Waals surface area contributed by atoms with Crippen LogP contribution < -0.4 is 5.32 Å². The predicted octanol–water partition coefficient (Wildman–Crippen LogP) is 2.34. The highest BCUT2D eigenvalue weighted by Crippen LogP contribution is 2.31. The molecule has 3 rings (SSSR count). The monoisotopic (exact) mass is 263 g/mol. The average molecular weight is 263 g/mol. The first-order valence-corrected chi connectivity index (χ1v) is 7.59. The van der Waals surface area contributed by atoms with E-state index in [0.717, 1.165) is 0 Å². The van der Waals surface area contributed by atoms with Crippen LogP contribution in [0.4, 0.5) is 0 Å². The molecule has 0 amide bonds. The molecular formula is C15H25N3O. The van der Waals surface area contributed by atoms with Gasteiger partial charge < -0.3 is 10.1 Å². The minimum Gasteiger partial charge on any atom is -0.380 e. The summed E-state index contributed by atoms with van der Waals surface area (Å²) in [5, 5.41) is 8.28. The second-order valence-electron chi connectivity index (χ2n) is 5.95. The maximum absolute atomic E-state index is 5.66. The molecule has 19 heavy (non-hydrogen) atoms. The minimum atomic E-state index is 0.385. The zero-order valence-corrected chi connectivity index (χ0v) is 12.1. The van der Waals surface area contributed by atoms with Crippen LogP contribution >= 0.6 is 0 Å². The number of hydrogen-bond donors (Lipinski definition) is 1. The fourth-order valence-electron chi connectivity index (χ4n) is 3.71. The van der Waals surface area contributed by atoms with Gasteiger partial charge in [-0.3, -0.25) is 4.68 Å². The van der Waals surface area contributed by atoms with Crippen molar-refractivity contribution in [3.8, 4) is 0 Å². The van der Waals surface area contributed by atoms with E-state index in [4.69, 9.17) is 4.74 Å². The quantitative estimate of drug-likeness (QED) is 0.910. The van der Waals surface area contributed by atoms with Gasteiger partial charge in [-0.2, -0.15) is 5.10 Å². The van der Waals surface area contributed by atoms with Crippen LogP contribution in [0.25, 0.3) is 0 Å². The van der Waals surface area contributed by atoms with Crippen molar-refractivity contribution in [2.24, 2.45) is 7.05 Å². The highest BCUT2D eigenvalue weighted by Gasteiger charge is 2.30. The number of aryl methyl sites for hydroxylation is 1. The van der Waals surface area contributed by atoms with Crippen LogP contribution in [0, 0.1) is 0 Å². The fourth-order valence-corrected chi connectivity index (χ4v) is 3.71.